The number of hydrazone groups is 1. The lowest BCUT2D eigenvalue weighted by molar-refractivity contribution is -0.123. The normalized spacial score (nSPS) is 10.6. The van der Waals surface area contributed by atoms with Crippen LogP contribution in [0.4, 0.5) is 0 Å². The zero-order chi connectivity index (χ0) is 15.9. The maximum atomic E-state index is 11.6. The first-order chi connectivity index (χ1) is 10.5. The molecule has 0 saturated heterocycles. The highest BCUT2D eigenvalue weighted by atomic mass is 127. The van der Waals surface area contributed by atoms with Crippen LogP contribution in [0.3, 0.4) is 0 Å². The van der Waals surface area contributed by atoms with Gasteiger partial charge in [-0.05, 0) is 58.5 Å². The average molecular weight is 431 g/mol. The fourth-order valence-electron chi connectivity index (χ4n) is 1.55. The lowest BCUT2D eigenvalue weighted by Crippen LogP contribution is -2.24. The van der Waals surface area contributed by atoms with E-state index in [4.69, 9.17) is 16.3 Å². The monoisotopic (exact) mass is 430 g/mol. The van der Waals surface area contributed by atoms with Crippen LogP contribution in [0.5, 0.6) is 11.5 Å². The Bertz CT molecular complexity index is 707. The number of nitrogens with zero attached hydrogens (tertiary/aromatic N) is 1. The van der Waals surface area contributed by atoms with E-state index in [0.717, 1.165) is 3.57 Å². The number of halogens is 2. The van der Waals surface area contributed by atoms with E-state index < -0.39 is 0 Å². The third kappa shape index (κ3) is 5.19. The summed E-state index contributed by atoms with van der Waals surface area (Å²) in [4.78, 5) is 11.6. The molecule has 5 nitrogen and oxygen atoms in total. The minimum atomic E-state index is -0.387. The van der Waals surface area contributed by atoms with Gasteiger partial charge in [0.05, 0.1) is 9.78 Å². The Morgan fingerprint density at radius 1 is 1.36 bits per heavy atom. The number of carbonyl (C=O) groups excluding carboxylic acids is 1. The molecule has 7 heteroatoms. The van der Waals surface area contributed by atoms with Crippen LogP contribution in [0.25, 0.3) is 0 Å². The second-order valence-corrected chi connectivity index (χ2v) is 5.85. The zero-order valence-electron chi connectivity index (χ0n) is 11.3. The highest BCUT2D eigenvalue weighted by Gasteiger charge is 2.05. The van der Waals surface area contributed by atoms with E-state index in [2.05, 4.69) is 33.1 Å². The molecule has 2 rings (SSSR count). The van der Waals surface area contributed by atoms with Crippen LogP contribution < -0.4 is 10.2 Å². The summed E-state index contributed by atoms with van der Waals surface area (Å²) in [6.45, 7) is -0.158. The lowest BCUT2D eigenvalue weighted by atomic mass is 10.2. The molecule has 0 atom stereocenters. The Labute approximate surface area is 146 Å². The predicted molar refractivity (Wildman–Crippen MR) is 93.5 cm³/mol. The molecule has 0 bridgehead atoms. The van der Waals surface area contributed by atoms with E-state index in [-0.39, 0.29) is 18.3 Å². The molecule has 2 N–H and O–H groups in total. The predicted octanol–water partition coefficient (Wildman–Crippen LogP) is 3.18. The van der Waals surface area contributed by atoms with Gasteiger partial charge in [0.1, 0.15) is 11.5 Å². The van der Waals surface area contributed by atoms with Crippen molar-refractivity contribution in [2.75, 3.05) is 6.61 Å². The average Bonchev–Trinajstić information content (AvgIpc) is 2.46. The largest absolute Gasteiger partial charge is 0.508 e. The second kappa shape index (κ2) is 8.00. The number of benzene rings is 2. The summed E-state index contributed by atoms with van der Waals surface area (Å²) in [5.41, 5.74) is 3.02. The van der Waals surface area contributed by atoms with Crippen molar-refractivity contribution in [1.29, 1.82) is 0 Å². The first-order valence-corrected chi connectivity index (χ1v) is 7.69. The van der Waals surface area contributed by atoms with Gasteiger partial charge in [-0.2, -0.15) is 5.10 Å². The molecular weight excluding hydrogens is 419 g/mol. The van der Waals surface area contributed by atoms with Crippen molar-refractivity contribution >= 4 is 46.3 Å². The van der Waals surface area contributed by atoms with Crippen molar-refractivity contribution in [1.82, 2.24) is 5.43 Å². The summed E-state index contributed by atoms with van der Waals surface area (Å²) in [7, 11) is 0. The number of ether oxygens (including phenoxy) is 1. The Morgan fingerprint density at radius 2 is 2.18 bits per heavy atom. The van der Waals surface area contributed by atoms with Gasteiger partial charge in [-0.15, -0.1) is 0 Å². The van der Waals surface area contributed by atoms with E-state index >= 15 is 0 Å². The Kier molecular flexibility index (Phi) is 6.02. The van der Waals surface area contributed by atoms with Gasteiger partial charge in [-0.1, -0.05) is 23.7 Å². The summed E-state index contributed by atoms with van der Waals surface area (Å²) in [5, 5.41) is 13.7. The zero-order valence-corrected chi connectivity index (χ0v) is 14.2. The van der Waals surface area contributed by atoms with Gasteiger partial charge in [0.15, 0.2) is 6.61 Å². The smallest absolute Gasteiger partial charge is 0.277 e. The Balaban J connectivity index is 1.83. The number of nitrogens with one attached hydrogen (secondary N) is 1. The van der Waals surface area contributed by atoms with Gasteiger partial charge < -0.3 is 9.84 Å². The number of phenols is 1. The molecule has 0 radical (unpaired) electrons. The quantitative estimate of drug-likeness (QED) is 0.435. The third-order valence-electron chi connectivity index (χ3n) is 2.53. The molecule has 0 saturated carbocycles. The highest BCUT2D eigenvalue weighted by molar-refractivity contribution is 14.1. The van der Waals surface area contributed by atoms with Crippen LogP contribution in [-0.2, 0) is 4.79 Å². The maximum absolute atomic E-state index is 11.6. The molecule has 1 amide bonds. The molecule has 0 aliphatic carbocycles. The maximum Gasteiger partial charge on any atom is 0.277 e. The van der Waals surface area contributed by atoms with Gasteiger partial charge in [0, 0.05) is 5.02 Å². The van der Waals surface area contributed by atoms with E-state index in [1.54, 1.807) is 36.4 Å². The molecule has 0 spiro atoms. The van der Waals surface area contributed by atoms with Crippen molar-refractivity contribution in [3.8, 4) is 11.5 Å². The molecule has 0 fully saturated rings. The Morgan fingerprint density at radius 3 is 2.91 bits per heavy atom. The Hall–Kier alpha value is -1.80. The van der Waals surface area contributed by atoms with Crippen LogP contribution in [0.2, 0.25) is 5.02 Å². The molecule has 2 aromatic rings. The van der Waals surface area contributed by atoms with Crippen LogP contribution in [0, 0.1) is 3.57 Å². The van der Waals surface area contributed by atoms with Crippen molar-refractivity contribution in [3.63, 3.8) is 0 Å². The molecule has 22 heavy (non-hydrogen) atoms. The van der Waals surface area contributed by atoms with Crippen molar-refractivity contribution in [2.24, 2.45) is 5.10 Å². The molecule has 114 valence electrons. The molecule has 0 aliphatic rings. The van der Waals surface area contributed by atoms with Crippen molar-refractivity contribution < 1.29 is 14.6 Å². The van der Waals surface area contributed by atoms with Crippen LogP contribution >= 0.6 is 34.2 Å². The first-order valence-electron chi connectivity index (χ1n) is 6.23. The molecule has 0 heterocycles. The molecular formula is C15H12ClIN2O3. The fourth-order valence-corrected chi connectivity index (χ4v) is 2.58. The number of hydrogen-bond donors (Lipinski definition) is 2. The van der Waals surface area contributed by atoms with E-state index in [1.807, 2.05) is 0 Å². The third-order valence-corrected chi connectivity index (χ3v) is 3.60. The van der Waals surface area contributed by atoms with Gasteiger partial charge in [0.25, 0.3) is 5.91 Å². The first kappa shape index (κ1) is 16.6. The molecule has 0 unspecified atom stereocenters. The van der Waals surface area contributed by atoms with E-state index in [0.29, 0.717) is 16.3 Å². The van der Waals surface area contributed by atoms with Crippen LogP contribution in [-0.4, -0.2) is 23.8 Å². The SMILES string of the molecule is O=C(COc1ccc(Cl)cc1I)NN=Cc1cccc(O)c1. The molecule has 0 aliphatic heterocycles. The second-order valence-electron chi connectivity index (χ2n) is 4.25. The van der Waals surface area contributed by atoms with Gasteiger partial charge >= 0.3 is 0 Å². The van der Waals surface area contributed by atoms with Crippen molar-refractivity contribution in [3.05, 3.63) is 56.6 Å². The van der Waals surface area contributed by atoms with Crippen LogP contribution in [0.1, 0.15) is 5.56 Å². The molecule has 2 aromatic carbocycles. The summed E-state index contributed by atoms with van der Waals surface area (Å²) in [5.74, 6) is 0.329. The number of hydrogen-bond acceptors (Lipinski definition) is 4. The number of aromatic hydroxyl groups is 1. The minimum absolute atomic E-state index is 0.135. The summed E-state index contributed by atoms with van der Waals surface area (Å²) < 4.78 is 6.20. The number of rotatable bonds is 5. The van der Waals surface area contributed by atoms with E-state index in [1.165, 1.54) is 12.3 Å². The summed E-state index contributed by atoms with van der Waals surface area (Å²) >= 11 is 7.92. The minimum Gasteiger partial charge on any atom is -0.508 e. The topological polar surface area (TPSA) is 70.9 Å². The number of carbonyl (C=O) groups is 1. The van der Waals surface area contributed by atoms with Crippen LogP contribution in [0.15, 0.2) is 47.6 Å². The number of phenolic OH excluding ortho intramolecular Hbond substituents is 1. The van der Waals surface area contributed by atoms with Gasteiger partial charge in [-0.25, -0.2) is 5.43 Å². The lowest BCUT2D eigenvalue weighted by Gasteiger charge is -2.07. The molecule has 0 aromatic heterocycles. The fraction of sp³-hybridized carbons (Fsp3) is 0.0667. The standard InChI is InChI=1S/C15H12ClIN2O3/c16-11-4-5-14(13(17)7-11)22-9-15(21)19-18-8-10-2-1-3-12(20)6-10/h1-8,20H,9H2,(H,19,21). The highest BCUT2D eigenvalue weighted by Crippen LogP contribution is 2.24. The van der Waals surface area contributed by atoms with Gasteiger partial charge in [0.2, 0.25) is 0 Å². The van der Waals surface area contributed by atoms with Crippen molar-refractivity contribution in [2.45, 2.75) is 0 Å². The number of amides is 1. The summed E-state index contributed by atoms with van der Waals surface area (Å²) in [6.07, 6.45) is 1.43. The van der Waals surface area contributed by atoms with Gasteiger partial charge in [-0.3, -0.25) is 4.79 Å². The van der Waals surface area contributed by atoms with E-state index in [9.17, 15) is 9.90 Å². The summed E-state index contributed by atoms with van der Waals surface area (Å²) in [6, 6.07) is 11.7.